The lowest BCUT2D eigenvalue weighted by Crippen LogP contribution is -2.43. The summed E-state index contributed by atoms with van der Waals surface area (Å²) in [5.74, 6) is -1.26. The molecule has 8 heteroatoms. The van der Waals surface area contributed by atoms with Gasteiger partial charge in [0, 0.05) is 22.7 Å². The standard InChI is InChI=1S/C24H24N2O5S/c1-16-14-17(20-6-2-4-8-22(20)25-16)15-31-18-10-12-19(13-11-18)32(29,30)26-23-9-5-3-7-21(23)24(27)28/h2-6,8,10-14,21,23,26H,7,9,15H2,1H3,(H,27,28). The molecule has 0 saturated carbocycles. The highest BCUT2D eigenvalue weighted by molar-refractivity contribution is 7.89. The second kappa shape index (κ2) is 9.10. The molecule has 2 N–H and O–H groups in total. The minimum atomic E-state index is -3.86. The number of sulfonamides is 1. The lowest BCUT2D eigenvalue weighted by molar-refractivity contribution is -0.142. The van der Waals surface area contributed by atoms with Crippen LogP contribution in [0.3, 0.4) is 0 Å². The molecule has 4 rings (SSSR count). The smallest absolute Gasteiger partial charge is 0.308 e. The van der Waals surface area contributed by atoms with Crippen LogP contribution in [0.1, 0.15) is 24.1 Å². The van der Waals surface area contributed by atoms with E-state index in [1.54, 1.807) is 24.3 Å². The van der Waals surface area contributed by atoms with Crippen molar-refractivity contribution in [1.29, 1.82) is 0 Å². The van der Waals surface area contributed by atoms with Crippen LogP contribution < -0.4 is 9.46 Å². The highest BCUT2D eigenvalue weighted by Crippen LogP contribution is 2.24. The second-order valence-corrected chi connectivity index (χ2v) is 9.53. The summed E-state index contributed by atoms with van der Waals surface area (Å²) in [5.41, 5.74) is 2.79. The average Bonchev–Trinajstić information content (AvgIpc) is 2.77. The van der Waals surface area contributed by atoms with Crippen LogP contribution in [-0.4, -0.2) is 30.5 Å². The van der Waals surface area contributed by atoms with Gasteiger partial charge in [-0.05, 0) is 56.2 Å². The maximum Gasteiger partial charge on any atom is 0.308 e. The van der Waals surface area contributed by atoms with Crippen LogP contribution in [0, 0.1) is 12.8 Å². The van der Waals surface area contributed by atoms with Crippen molar-refractivity contribution in [3.05, 3.63) is 78.0 Å². The molecule has 0 saturated heterocycles. The first-order valence-electron chi connectivity index (χ1n) is 10.3. The van der Waals surface area contributed by atoms with Gasteiger partial charge in [-0.3, -0.25) is 9.78 Å². The normalized spacial score (nSPS) is 18.5. The first kappa shape index (κ1) is 22.0. The number of nitrogens with zero attached hydrogens (tertiary/aromatic N) is 1. The summed E-state index contributed by atoms with van der Waals surface area (Å²) in [5, 5.41) is 10.4. The Bertz CT molecular complexity index is 1270. The fourth-order valence-electron chi connectivity index (χ4n) is 3.88. The molecule has 1 aliphatic carbocycles. The van der Waals surface area contributed by atoms with Crippen molar-refractivity contribution < 1.29 is 23.1 Å². The molecule has 166 valence electrons. The van der Waals surface area contributed by atoms with Crippen molar-refractivity contribution in [2.45, 2.75) is 37.3 Å². The molecular weight excluding hydrogens is 428 g/mol. The Labute approximate surface area is 186 Å². The number of rotatable bonds is 7. The summed E-state index contributed by atoms with van der Waals surface area (Å²) >= 11 is 0. The van der Waals surface area contributed by atoms with Crippen molar-refractivity contribution in [1.82, 2.24) is 9.71 Å². The maximum absolute atomic E-state index is 12.8. The monoisotopic (exact) mass is 452 g/mol. The molecule has 3 aromatic rings. The van der Waals surface area contributed by atoms with Gasteiger partial charge in [0.2, 0.25) is 10.0 Å². The van der Waals surface area contributed by atoms with Crippen LogP contribution in [-0.2, 0) is 21.4 Å². The number of carboxylic acid groups (broad SMARTS) is 1. The number of allylic oxidation sites excluding steroid dienone is 1. The predicted octanol–water partition coefficient (Wildman–Crippen LogP) is 3.82. The summed E-state index contributed by atoms with van der Waals surface area (Å²) in [6.07, 6.45) is 4.21. The van der Waals surface area contributed by atoms with Crippen molar-refractivity contribution in [2.75, 3.05) is 0 Å². The number of aliphatic carboxylic acids is 1. The topological polar surface area (TPSA) is 106 Å². The zero-order valence-corrected chi connectivity index (χ0v) is 18.4. The summed E-state index contributed by atoms with van der Waals surface area (Å²) in [4.78, 5) is 16.0. The van der Waals surface area contributed by atoms with Crippen LogP contribution in [0.15, 0.2) is 71.6 Å². The van der Waals surface area contributed by atoms with Crippen LogP contribution >= 0.6 is 0 Å². The zero-order chi connectivity index (χ0) is 22.7. The van der Waals surface area contributed by atoms with Crippen molar-refractivity contribution in [3.63, 3.8) is 0 Å². The fourth-order valence-corrected chi connectivity index (χ4v) is 5.16. The Balaban J connectivity index is 1.46. The van der Waals surface area contributed by atoms with E-state index in [1.807, 2.05) is 37.3 Å². The number of ether oxygens (including phenoxy) is 1. The molecule has 1 aliphatic rings. The average molecular weight is 453 g/mol. The highest BCUT2D eigenvalue weighted by atomic mass is 32.2. The van der Waals surface area contributed by atoms with Crippen molar-refractivity contribution in [3.8, 4) is 5.75 Å². The molecule has 0 fully saturated rings. The van der Waals surface area contributed by atoms with E-state index in [1.165, 1.54) is 12.1 Å². The zero-order valence-electron chi connectivity index (χ0n) is 17.6. The fraction of sp³-hybridized carbons (Fsp3) is 0.250. The number of hydrogen-bond acceptors (Lipinski definition) is 5. The highest BCUT2D eigenvalue weighted by Gasteiger charge is 2.32. The number of carbonyl (C=O) groups is 1. The molecule has 2 atom stereocenters. The Hall–Kier alpha value is -3.23. The largest absolute Gasteiger partial charge is 0.489 e. The van der Waals surface area contributed by atoms with Gasteiger partial charge in [0.25, 0.3) is 0 Å². The van der Waals surface area contributed by atoms with Gasteiger partial charge in [-0.2, -0.15) is 0 Å². The maximum atomic E-state index is 12.8. The lowest BCUT2D eigenvalue weighted by atomic mass is 9.90. The second-order valence-electron chi connectivity index (χ2n) is 7.82. The van der Waals surface area contributed by atoms with Gasteiger partial charge in [0.15, 0.2) is 0 Å². The Morgan fingerprint density at radius 3 is 2.59 bits per heavy atom. The van der Waals surface area contributed by atoms with Gasteiger partial charge < -0.3 is 9.84 Å². The minimum Gasteiger partial charge on any atom is -0.489 e. The number of benzene rings is 2. The molecule has 0 spiro atoms. The van der Waals surface area contributed by atoms with Gasteiger partial charge in [-0.25, -0.2) is 13.1 Å². The third-order valence-corrected chi connectivity index (χ3v) is 7.02. The molecule has 0 amide bonds. The van der Waals surface area contributed by atoms with Gasteiger partial charge in [0.1, 0.15) is 12.4 Å². The van der Waals surface area contributed by atoms with Gasteiger partial charge in [-0.1, -0.05) is 30.4 Å². The molecule has 32 heavy (non-hydrogen) atoms. The third kappa shape index (κ3) is 4.81. The lowest BCUT2D eigenvalue weighted by Gasteiger charge is -2.25. The third-order valence-electron chi connectivity index (χ3n) is 5.51. The molecule has 2 aromatic carbocycles. The first-order valence-corrected chi connectivity index (χ1v) is 11.8. The van der Waals surface area contributed by atoms with Crippen LogP contribution in [0.2, 0.25) is 0 Å². The van der Waals surface area contributed by atoms with Gasteiger partial charge >= 0.3 is 5.97 Å². The number of aromatic nitrogens is 1. The summed E-state index contributed by atoms with van der Waals surface area (Å²) in [7, 11) is -3.86. The number of aryl methyl sites for hydroxylation is 1. The van der Waals surface area contributed by atoms with Crippen LogP contribution in [0.4, 0.5) is 0 Å². The summed E-state index contributed by atoms with van der Waals surface area (Å²) in [6.45, 7) is 2.25. The molecule has 0 aliphatic heterocycles. The summed E-state index contributed by atoms with van der Waals surface area (Å²) < 4.78 is 34.0. The van der Waals surface area contributed by atoms with Crippen molar-refractivity contribution in [2.24, 2.45) is 5.92 Å². The molecule has 0 bridgehead atoms. The first-order chi connectivity index (χ1) is 15.3. The minimum absolute atomic E-state index is 0.0637. The SMILES string of the molecule is Cc1cc(COc2ccc(S(=O)(=O)NC3CC=CCC3C(=O)O)cc2)c2ccccc2n1. The Morgan fingerprint density at radius 2 is 1.84 bits per heavy atom. The molecule has 2 unspecified atom stereocenters. The molecule has 0 radical (unpaired) electrons. The van der Waals surface area contributed by atoms with Crippen LogP contribution in [0.5, 0.6) is 5.75 Å². The molecule has 1 aromatic heterocycles. The van der Waals surface area contributed by atoms with E-state index in [0.717, 1.165) is 22.2 Å². The van der Waals surface area contributed by atoms with E-state index in [9.17, 15) is 18.3 Å². The number of fused-ring (bicyclic) bond motifs is 1. The van der Waals surface area contributed by atoms with E-state index in [2.05, 4.69) is 9.71 Å². The van der Waals surface area contributed by atoms with E-state index in [4.69, 9.17) is 4.74 Å². The van der Waals surface area contributed by atoms with E-state index in [-0.39, 0.29) is 4.90 Å². The number of carboxylic acids is 1. The Kier molecular flexibility index (Phi) is 6.25. The van der Waals surface area contributed by atoms with E-state index >= 15 is 0 Å². The number of nitrogens with one attached hydrogen (secondary N) is 1. The molecule has 1 heterocycles. The van der Waals surface area contributed by atoms with E-state index in [0.29, 0.717) is 25.2 Å². The van der Waals surface area contributed by atoms with E-state index < -0.39 is 28.0 Å². The quantitative estimate of drug-likeness (QED) is 0.528. The number of hydrogen-bond donors (Lipinski definition) is 2. The number of para-hydroxylation sites is 1. The van der Waals surface area contributed by atoms with Gasteiger partial charge in [0.05, 0.1) is 16.3 Å². The number of pyridine rings is 1. The summed E-state index contributed by atoms with van der Waals surface area (Å²) in [6, 6.07) is 15.2. The predicted molar refractivity (Wildman–Crippen MR) is 121 cm³/mol. The molecule has 7 nitrogen and oxygen atoms in total. The van der Waals surface area contributed by atoms with Gasteiger partial charge in [-0.15, -0.1) is 0 Å². The molecular formula is C24H24N2O5S. The van der Waals surface area contributed by atoms with Crippen molar-refractivity contribution >= 4 is 26.9 Å². The Morgan fingerprint density at radius 1 is 1.12 bits per heavy atom. The van der Waals surface area contributed by atoms with Crippen LogP contribution in [0.25, 0.3) is 10.9 Å².